The summed E-state index contributed by atoms with van der Waals surface area (Å²) in [5.74, 6) is -0.683. The molecule has 0 bridgehead atoms. The molecule has 4 heteroatoms. The fourth-order valence-corrected chi connectivity index (χ4v) is 2.84. The van der Waals surface area contributed by atoms with Crippen molar-refractivity contribution in [1.29, 1.82) is 0 Å². The summed E-state index contributed by atoms with van der Waals surface area (Å²) in [6, 6.07) is 0.487. The summed E-state index contributed by atoms with van der Waals surface area (Å²) < 4.78 is 0. The zero-order chi connectivity index (χ0) is 17.9. The fraction of sp³-hybridized carbons (Fsp3) is 0.850. The number of hydrogen-bond acceptors (Lipinski definition) is 3. The van der Waals surface area contributed by atoms with Crippen molar-refractivity contribution in [3.63, 3.8) is 0 Å². The molecule has 0 aliphatic carbocycles. The average molecular weight is 342 g/mol. The molecule has 24 heavy (non-hydrogen) atoms. The molecule has 0 fully saturated rings. The lowest BCUT2D eigenvalue weighted by Gasteiger charge is -2.16. The minimum atomic E-state index is -0.683. The van der Waals surface area contributed by atoms with Gasteiger partial charge in [-0.1, -0.05) is 64.0 Å². The highest BCUT2D eigenvalue weighted by atomic mass is 16.4. The standard InChI is InChI=1S/C20H39NO3/c1-2-3-4-11-14-19(21-17-18-22)15-12-9-7-5-6-8-10-13-16-20(23)24/h9,12,19,21-22H,2-8,10-11,13-18H2,1H3,(H,23,24)/b12-9-/t19-/m1/s1. The smallest absolute Gasteiger partial charge is 0.303 e. The summed E-state index contributed by atoms with van der Waals surface area (Å²) in [6.07, 6.45) is 18.7. The van der Waals surface area contributed by atoms with Crippen LogP contribution in [0.4, 0.5) is 0 Å². The van der Waals surface area contributed by atoms with E-state index < -0.39 is 5.97 Å². The molecule has 4 nitrogen and oxygen atoms in total. The number of carboxylic acids is 1. The van der Waals surface area contributed by atoms with Crippen LogP contribution >= 0.6 is 0 Å². The van der Waals surface area contributed by atoms with Crippen molar-refractivity contribution >= 4 is 5.97 Å². The molecule has 0 radical (unpaired) electrons. The Morgan fingerprint density at radius 1 is 1.00 bits per heavy atom. The molecule has 0 saturated heterocycles. The van der Waals surface area contributed by atoms with Gasteiger partial charge in [-0.15, -0.1) is 0 Å². The van der Waals surface area contributed by atoms with Crippen LogP contribution in [0.5, 0.6) is 0 Å². The first-order valence-electron chi connectivity index (χ1n) is 9.91. The number of nitrogens with one attached hydrogen (secondary N) is 1. The first-order valence-corrected chi connectivity index (χ1v) is 9.91. The predicted octanol–water partition coefficient (Wildman–Crippen LogP) is 4.67. The van der Waals surface area contributed by atoms with Crippen LogP contribution < -0.4 is 5.32 Å². The molecular formula is C20H39NO3. The van der Waals surface area contributed by atoms with Gasteiger partial charge >= 0.3 is 5.97 Å². The van der Waals surface area contributed by atoms with E-state index in [1.807, 2.05) is 0 Å². The van der Waals surface area contributed by atoms with E-state index in [9.17, 15) is 4.79 Å². The number of hydrogen-bond donors (Lipinski definition) is 3. The second-order valence-electron chi connectivity index (χ2n) is 6.63. The Hall–Kier alpha value is -0.870. The first kappa shape index (κ1) is 23.1. The van der Waals surface area contributed by atoms with Gasteiger partial charge in [-0.05, 0) is 32.1 Å². The number of aliphatic hydroxyl groups is 1. The van der Waals surface area contributed by atoms with Crippen LogP contribution in [0.25, 0.3) is 0 Å². The largest absolute Gasteiger partial charge is 0.481 e. The third-order valence-corrected chi connectivity index (χ3v) is 4.30. The van der Waals surface area contributed by atoms with E-state index in [-0.39, 0.29) is 6.61 Å². The summed E-state index contributed by atoms with van der Waals surface area (Å²) in [6.45, 7) is 3.12. The Morgan fingerprint density at radius 2 is 1.71 bits per heavy atom. The number of carbonyl (C=O) groups is 1. The van der Waals surface area contributed by atoms with Crippen LogP contribution in [0.15, 0.2) is 12.2 Å². The van der Waals surface area contributed by atoms with Crippen molar-refractivity contribution < 1.29 is 15.0 Å². The lowest BCUT2D eigenvalue weighted by molar-refractivity contribution is -0.137. The molecule has 0 saturated carbocycles. The topological polar surface area (TPSA) is 69.6 Å². The van der Waals surface area contributed by atoms with Gasteiger partial charge in [0.05, 0.1) is 6.61 Å². The Morgan fingerprint density at radius 3 is 2.42 bits per heavy atom. The average Bonchev–Trinajstić information content (AvgIpc) is 2.57. The first-order chi connectivity index (χ1) is 11.7. The lowest BCUT2D eigenvalue weighted by Crippen LogP contribution is -2.31. The van der Waals surface area contributed by atoms with Crippen LogP contribution in [0.3, 0.4) is 0 Å². The maximum absolute atomic E-state index is 10.4. The summed E-state index contributed by atoms with van der Waals surface area (Å²) in [4.78, 5) is 10.4. The summed E-state index contributed by atoms with van der Waals surface area (Å²) >= 11 is 0. The summed E-state index contributed by atoms with van der Waals surface area (Å²) in [5, 5.41) is 21.0. The third-order valence-electron chi connectivity index (χ3n) is 4.30. The molecule has 0 heterocycles. The monoisotopic (exact) mass is 341 g/mol. The highest BCUT2D eigenvalue weighted by Gasteiger charge is 2.05. The van der Waals surface area contributed by atoms with Gasteiger partial charge in [0.2, 0.25) is 0 Å². The second-order valence-corrected chi connectivity index (χ2v) is 6.63. The van der Waals surface area contributed by atoms with E-state index in [0.29, 0.717) is 19.0 Å². The van der Waals surface area contributed by atoms with E-state index in [2.05, 4.69) is 24.4 Å². The van der Waals surface area contributed by atoms with Crippen molar-refractivity contribution in [3.05, 3.63) is 12.2 Å². The van der Waals surface area contributed by atoms with Crippen molar-refractivity contribution in [1.82, 2.24) is 5.32 Å². The molecule has 0 aromatic carbocycles. The molecule has 1 atom stereocenters. The Labute approximate surface area is 148 Å². The van der Waals surface area contributed by atoms with Crippen LogP contribution in [0, 0.1) is 0 Å². The van der Waals surface area contributed by atoms with Crippen LogP contribution in [-0.2, 0) is 4.79 Å². The van der Waals surface area contributed by atoms with Crippen LogP contribution in [-0.4, -0.2) is 35.4 Å². The summed E-state index contributed by atoms with van der Waals surface area (Å²) in [7, 11) is 0. The van der Waals surface area contributed by atoms with Crippen molar-refractivity contribution in [2.24, 2.45) is 0 Å². The highest BCUT2D eigenvalue weighted by Crippen LogP contribution is 2.10. The van der Waals surface area contributed by atoms with E-state index in [1.54, 1.807) is 0 Å². The number of aliphatic carboxylic acids is 1. The zero-order valence-corrected chi connectivity index (χ0v) is 15.6. The number of rotatable bonds is 18. The van der Waals surface area contributed by atoms with E-state index in [1.165, 1.54) is 44.9 Å². The van der Waals surface area contributed by atoms with Gasteiger partial charge in [-0.3, -0.25) is 4.79 Å². The normalized spacial score (nSPS) is 12.8. The van der Waals surface area contributed by atoms with Gasteiger partial charge in [-0.25, -0.2) is 0 Å². The maximum Gasteiger partial charge on any atom is 0.303 e. The Balaban J connectivity index is 3.63. The number of unbranched alkanes of at least 4 members (excludes halogenated alkanes) is 8. The molecule has 0 unspecified atom stereocenters. The SMILES string of the molecule is CCCCCC[C@H](C/C=C\CCCCCCCC(=O)O)NCCO. The van der Waals surface area contributed by atoms with Gasteiger partial charge < -0.3 is 15.5 Å². The zero-order valence-electron chi connectivity index (χ0n) is 15.6. The second kappa shape index (κ2) is 18.5. The van der Waals surface area contributed by atoms with Gasteiger partial charge in [0, 0.05) is 19.0 Å². The molecule has 3 N–H and O–H groups in total. The molecule has 0 aromatic heterocycles. The lowest BCUT2D eigenvalue weighted by atomic mass is 10.0. The molecule has 0 amide bonds. The van der Waals surface area contributed by atoms with Crippen molar-refractivity contribution in [2.75, 3.05) is 13.2 Å². The van der Waals surface area contributed by atoms with Gasteiger partial charge in [-0.2, -0.15) is 0 Å². The van der Waals surface area contributed by atoms with Crippen molar-refractivity contribution in [2.45, 2.75) is 96.4 Å². The van der Waals surface area contributed by atoms with Gasteiger partial charge in [0.25, 0.3) is 0 Å². The van der Waals surface area contributed by atoms with Crippen molar-refractivity contribution in [3.8, 4) is 0 Å². The highest BCUT2D eigenvalue weighted by molar-refractivity contribution is 5.66. The fourth-order valence-electron chi connectivity index (χ4n) is 2.84. The predicted molar refractivity (Wildman–Crippen MR) is 101 cm³/mol. The minimum Gasteiger partial charge on any atom is -0.481 e. The maximum atomic E-state index is 10.4. The van der Waals surface area contributed by atoms with Crippen LogP contribution in [0.1, 0.15) is 90.4 Å². The Bertz CT molecular complexity index is 305. The van der Waals surface area contributed by atoms with Gasteiger partial charge in [0.15, 0.2) is 0 Å². The van der Waals surface area contributed by atoms with Gasteiger partial charge in [0.1, 0.15) is 0 Å². The van der Waals surface area contributed by atoms with Crippen LogP contribution in [0.2, 0.25) is 0 Å². The molecule has 0 aromatic rings. The van der Waals surface area contributed by atoms with E-state index in [0.717, 1.165) is 32.1 Å². The Kier molecular flexibility index (Phi) is 17.8. The molecule has 0 spiro atoms. The molecule has 0 rings (SSSR count). The number of allylic oxidation sites excluding steroid dienone is 1. The molecular weight excluding hydrogens is 302 g/mol. The quantitative estimate of drug-likeness (QED) is 0.250. The number of aliphatic hydroxyl groups excluding tert-OH is 1. The third kappa shape index (κ3) is 17.5. The minimum absolute atomic E-state index is 0.205. The number of carboxylic acid groups (broad SMARTS) is 1. The van der Waals surface area contributed by atoms with E-state index >= 15 is 0 Å². The van der Waals surface area contributed by atoms with E-state index in [4.69, 9.17) is 10.2 Å². The summed E-state index contributed by atoms with van der Waals surface area (Å²) in [5.41, 5.74) is 0. The molecule has 0 aliphatic heterocycles. The molecule has 142 valence electrons. The molecule has 0 aliphatic rings.